The van der Waals surface area contributed by atoms with E-state index in [2.05, 4.69) is 4.98 Å². The molecule has 2 fully saturated rings. The lowest BCUT2D eigenvalue weighted by molar-refractivity contribution is -0.136. The summed E-state index contributed by atoms with van der Waals surface area (Å²) in [6.07, 6.45) is 2.62. The molecule has 9 heteroatoms. The fraction of sp³-hybridized carbons (Fsp3) is 0.632. The molecule has 3 heterocycles. The van der Waals surface area contributed by atoms with E-state index in [0.717, 1.165) is 6.42 Å². The highest BCUT2D eigenvalue weighted by Gasteiger charge is 2.39. The second kappa shape index (κ2) is 8.33. The van der Waals surface area contributed by atoms with Gasteiger partial charge in [0.05, 0.1) is 10.0 Å². The van der Waals surface area contributed by atoms with Gasteiger partial charge in [0.1, 0.15) is 17.5 Å². The van der Waals surface area contributed by atoms with Crippen molar-refractivity contribution in [3.05, 3.63) is 22.3 Å². The zero-order chi connectivity index (χ0) is 20.5. The third kappa shape index (κ3) is 4.81. The summed E-state index contributed by atoms with van der Waals surface area (Å²) in [6.45, 7) is 8.39. The van der Waals surface area contributed by atoms with Crippen LogP contribution in [-0.2, 0) is 9.53 Å². The van der Waals surface area contributed by atoms with Gasteiger partial charge in [-0.3, -0.25) is 9.69 Å². The van der Waals surface area contributed by atoms with Crippen LogP contribution in [0, 0.1) is 0 Å². The van der Waals surface area contributed by atoms with Gasteiger partial charge in [-0.1, -0.05) is 23.2 Å². The van der Waals surface area contributed by atoms with Gasteiger partial charge >= 0.3 is 6.09 Å². The molecule has 7 nitrogen and oxygen atoms in total. The summed E-state index contributed by atoms with van der Waals surface area (Å²) in [6, 6.07) is 1.22. The standard InChI is InChI=1S/C19H26Cl2N4O3/c1-19(2,3)28-18(27)25-6-4-5-15(25)17(26)24-9-7-23(8-10-24)16-14(21)11-13(20)12-22-16/h11-12,15H,4-10H2,1-3H3. The van der Waals surface area contributed by atoms with E-state index in [-0.39, 0.29) is 5.91 Å². The van der Waals surface area contributed by atoms with Crippen molar-refractivity contribution < 1.29 is 14.3 Å². The first-order chi connectivity index (χ1) is 13.2. The van der Waals surface area contributed by atoms with E-state index in [1.54, 1.807) is 17.2 Å². The van der Waals surface area contributed by atoms with Crippen molar-refractivity contribution in [3.8, 4) is 0 Å². The molecule has 2 aliphatic rings. The van der Waals surface area contributed by atoms with Crippen LogP contribution >= 0.6 is 23.2 Å². The number of likely N-dealkylation sites (tertiary alicyclic amines) is 1. The second-order valence-corrected chi connectivity index (χ2v) is 8.95. The summed E-state index contributed by atoms with van der Waals surface area (Å²) in [5.41, 5.74) is -0.580. The van der Waals surface area contributed by atoms with E-state index in [4.69, 9.17) is 27.9 Å². The van der Waals surface area contributed by atoms with Crippen molar-refractivity contribution in [2.24, 2.45) is 0 Å². The first-order valence-corrected chi connectivity index (χ1v) is 10.3. The average molecular weight is 429 g/mol. The number of carbonyl (C=O) groups is 2. The molecule has 0 spiro atoms. The van der Waals surface area contributed by atoms with Crippen LogP contribution in [0.1, 0.15) is 33.6 Å². The van der Waals surface area contributed by atoms with Crippen molar-refractivity contribution in [3.63, 3.8) is 0 Å². The summed E-state index contributed by atoms with van der Waals surface area (Å²) >= 11 is 12.2. The number of amides is 2. The van der Waals surface area contributed by atoms with Crippen LogP contribution in [0.3, 0.4) is 0 Å². The van der Waals surface area contributed by atoms with Gasteiger partial charge in [0.15, 0.2) is 0 Å². The number of halogens is 2. The number of ether oxygens (including phenoxy) is 1. The summed E-state index contributed by atoms with van der Waals surface area (Å²) < 4.78 is 5.46. The van der Waals surface area contributed by atoms with Crippen molar-refractivity contribution >= 4 is 41.0 Å². The van der Waals surface area contributed by atoms with Crippen LogP contribution in [-0.4, -0.2) is 71.2 Å². The Hall–Kier alpha value is -1.73. The number of carbonyl (C=O) groups excluding carboxylic acids is 2. The molecule has 3 rings (SSSR count). The number of nitrogens with zero attached hydrogens (tertiary/aromatic N) is 4. The molecule has 1 aromatic heterocycles. The maximum Gasteiger partial charge on any atom is 0.410 e. The lowest BCUT2D eigenvalue weighted by Crippen LogP contribution is -2.55. The van der Waals surface area contributed by atoms with Crippen molar-refractivity contribution in [2.45, 2.75) is 45.3 Å². The number of aromatic nitrogens is 1. The zero-order valence-electron chi connectivity index (χ0n) is 16.5. The van der Waals surface area contributed by atoms with E-state index in [1.807, 2.05) is 30.6 Å². The summed E-state index contributed by atoms with van der Waals surface area (Å²) in [5.74, 6) is 0.660. The minimum absolute atomic E-state index is 0.0156. The molecule has 2 amide bonds. The Bertz CT molecular complexity index is 745. The van der Waals surface area contributed by atoms with Gasteiger partial charge in [-0.05, 0) is 39.7 Å². The molecule has 0 saturated carbocycles. The van der Waals surface area contributed by atoms with Crippen LogP contribution in [0.25, 0.3) is 0 Å². The molecule has 0 N–H and O–H groups in total. The fourth-order valence-electron chi connectivity index (χ4n) is 3.55. The highest BCUT2D eigenvalue weighted by atomic mass is 35.5. The molecule has 0 bridgehead atoms. The van der Waals surface area contributed by atoms with Crippen LogP contribution in [0.2, 0.25) is 10.0 Å². The average Bonchev–Trinajstić information content (AvgIpc) is 3.10. The van der Waals surface area contributed by atoms with Gasteiger partial charge in [-0.2, -0.15) is 0 Å². The highest BCUT2D eigenvalue weighted by Crippen LogP contribution is 2.28. The summed E-state index contributed by atoms with van der Waals surface area (Å²) in [5, 5.41) is 0.991. The Kier molecular flexibility index (Phi) is 6.25. The van der Waals surface area contributed by atoms with E-state index >= 15 is 0 Å². The van der Waals surface area contributed by atoms with Crippen LogP contribution in [0.5, 0.6) is 0 Å². The Morgan fingerprint density at radius 2 is 1.82 bits per heavy atom. The topological polar surface area (TPSA) is 66.0 Å². The summed E-state index contributed by atoms with van der Waals surface area (Å²) in [7, 11) is 0. The van der Waals surface area contributed by atoms with E-state index < -0.39 is 17.7 Å². The molecule has 154 valence electrons. The lowest BCUT2D eigenvalue weighted by atomic mass is 10.1. The molecular formula is C19H26Cl2N4O3. The second-order valence-electron chi connectivity index (χ2n) is 8.10. The Labute approximate surface area is 175 Å². The van der Waals surface area contributed by atoms with Crippen molar-refractivity contribution in [1.29, 1.82) is 0 Å². The molecule has 0 aromatic carbocycles. The Balaban J connectivity index is 1.60. The Morgan fingerprint density at radius 1 is 1.14 bits per heavy atom. The number of hydrogen-bond donors (Lipinski definition) is 0. The van der Waals surface area contributed by atoms with Crippen LogP contribution < -0.4 is 4.90 Å². The van der Waals surface area contributed by atoms with E-state index in [1.165, 1.54) is 0 Å². The molecular weight excluding hydrogens is 403 g/mol. The van der Waals surface area contributed by atoms with Crippen LogP contribution in [0.15, 0.2) is 12.3 Å². The minimum atomic E-state index is -0.580. The fourth-order valence-corrected chi connectivity index (χ4v) is 4.05. The van der Waals surface area contributed by atoms with Crippen LogP contribution in [0.4, 0.5) is 10.6 Å². The SMILES string of the molecule is CC(C)(C)OC(=O)N1CCCC1C(=O)N1CCN(c2ncc(Cl)cc2Cl)CC1. The first kappa shape index (κ1) is 21.0. The van der Waals surface area contributed by atoms with Crippen molar-refractivity contribution in [1.82, 2.24) is 14.8 Å². The molecule has 2 aliphatic heterocycles. The number of pyridine rings is 1. The highest BCUT2D eigenvalue weighted by molar-refractivity contribution is 6.36. The molecule has 2 saturated heterocycles. The third-order valence-electron chi connectivity index (χ3n) is 4.85. The van der Waals surface area contributed by atoms with E-state index in [9.17, 15) is 9.59 Å². The molecule has 1 unspecified atom stereocenters. The summed E-state index contributed by atoms with van der Waals surface area (Å²) in [4.78, 5) is 35.2. The van der Waals surface area contributed by atoms with E-state index in [0.29, 0.717) is 55.0 Å². The quantitative estimate of drug-likeness (QED) is 0.721. The number of anilines is 1. The molecule has 1 atom stereocenters. The maximum atomic E-state index is 13.0. The minimum Gasteiger partial charge on any atom is -0.444 e. The third-order valence-corrected chi connectivity index (χ3v) is 5.33. The first-order valence-electron chi connectivity index (χ1n) is 9.50. The van der Waals surface area contributed by atoms with Gasteiger partial charge in [-0.25, -0.2) is 9.78 Å². The number of rotatable bonds is 2. The smallest absolute Gasteiger partial charge is 0.410 e. The van der Waals surface area contributed by atoms with Gasteiger partial charge in [0.25, 0.3) is 0 Å². The lowest BCUT2D eigenvalue weighted by Gasteiger charge is -2.38. The van der Waals surface area contributed by atoms with Gasteiger partial charge in [0, 0.05) is 38.9 Å². The Morgan fingerprint density at radius 3 is 2.43 bits per heavy atom. The largest absolute Gasteiger partial charge is 0.444 e. The molecule has 28 heavy (non-hydrogen) atoms. The predicted octanol–water partition coefficient (Wildman–Crippen LogP) is 3.44. The number of hydrogen-bond acceptors (Lipinski definition) is 5. The van der Waals surface area contributed by atoms with Gasteiger partial charge in [0.2, 0.25) is 5.91 Å². The zero-order valence-corrected chi connectivity index (χ0v) is 18.0. The predicted molar refractivity (Wildman–Crippen MR) is 109 cm³/mol. The van der Waals surface area contributed by atoms with Gasteiger partial charge in [-0.15, -0.1) is 0 Å². The molecule has 0 aliphatic carbocycles. The van der Waals surface area contributed by atoms with Crippen molar-refractivity contribution in [2.75, 3.05) is 37.6 Å². The van der Waals surface area contributed by atoms with Gasteiger partial charge < -0.3 is 14.5 Å². The number of piperazine rings is 1. The maximum absolute atomic E-state index is 13.0. The monoisotopic (exact) mass is 428 g/mol. The molecule has 1 aromatic rings. The normalized spacial score (nSPS) is 20.5. The molecule has 0 radical (unpaired) electrons.